The topological polar surface area (TPSA) is 23.6 Å². The summed E-state index contributed by atoms with van der Waals surface area (Å²) in [6.07, 6.45) is 0.397. The molecule has 1 atom stereocenters. The first-order chi connectivity index (χ1) is 8.58. The molecule has 1 unspecified atom stereocenters. The van der Waals surface area contributed by atoms with Gasteiger partial charge in [0.2, 0.25) is 5.91 Å². The highest BCUT2D eigenvalue weighted by molar-refractivity contribution is 6.31. The smallest absolute Gasteiger partial charge is 0.227 e. The van der Waals surface area contributed by atoms with Crippen LogP contribution in [0.5, 0.6) is 0 Å². The number of piperazine rings is 1. The summed E-state index contributed by atoms with van der Waals surface area (Å²) in [4.78, 5) is 16.5. The lowest BCUT2D eigenvalue weighted by atomic mass is 10.1. The Hall–Kier alpha value is -1.06. The van der Waals surface area contributed by atoms with E-state index in [0.29, 0.717) is 11.4 Å². The number of benzene rings is 1. The number of halogens is 1. The first-order valence-electron chi connectivity index (χ1n) is 6.29. The molecule has 1 saturated heterocycles. The van der Waals surface area contributed by atoms with Crippen LogP contribution in [0.3, 0.4) is 0 Å². The lowest BCUT2D eigenvalue weighted by Crippen LogP contribution is -2.53. The minimum Gasteiger partial charge on any atom is -0.337 e. The zero-order valence-electron chi connectivity index (χ0n) is 10.9. The van der Waals surface area contributed by atoms with E-state index in [1.54, 1.807) is 0 Å². The Morgan fingerprint density at radius 3 is 2.78 bits per heavy atom. The fourth-order valence-corrected chi connectivity index (χ4v) is 2.62. The predicted octanol–water partition coefficient (Wildman–Crippen LogP) is 2.04. The van der Waals surface area contributed by atoms with E-state index in [0.717, 1.165) is 25.2 Å². The van der Waals surface area contributed by atoms with Crippen molar-refractivity contribution < 1.29 is 4.79 Å². The first kappa shape index (κ1) is 13.4. The summed E-state index contributed by atoms with van der Waals surface area (Å²) in [5, 5.41) is 0.674. The molecule has 0 bridgehead atoms. The Bertz CT molecular complexity index is 436. The van der Waals surface area contributed by atoms with E-state index in [1.165, 1.54) is 0 Å². The fourth-order valence-electron chi connectivity index (χ4n) is 2.42. The molecule has 1 amide bonds. The Labute approximate surface area is 113 Å². The molecule has 4 heteroatoms. The average Bonchev–Trinajstić information content (AvgIpc) is 2.32. The molecule has 0 aromatic heterocycles. The molecule has 1 aromatic carbocycles. The maximum atomic E-state index is 12.3. The van der Waals surface area contributed by atoms with Crippen LogP contribution in [0.15, 0.2) is 24.3 Å². The minimum atomic E-state index is 0.170. The highest BCUT2D eigenvalue weighted by Gasteiger charge is 2.25. The lowest BCUT2D eigenvalue weighted by molar-refractivity contribution is -0.134. The number of carbonyl (C=O) groups is 1. The molecule has 1 heterocycles. The van der Waals surface area contributed by atoms with Crippen LogP contribution in [0.1, 0.15) is 12.5 Å². The number of nitrogens with zero attached hydrogens (tertiary/aromatic N) is 2. The molecule has 0 radical (unpaired) electrons. The molecule has 1 fully saturated rings. The third kappa shape index (κ3) is 3.03. The summed E-state index contributed by atoms with van der Waals surface area (Å²) >= 11 is 6.09. The van der Waals surface area contributed by atoms with Crippen LogP contribution in [0.4, 0.5) is 0 Å². The molecule has 0 spiro atoms. The summed E-state index contributed by atoms with van der Waals surface area (Å²) in [5.41, 5.74) is 0.912. The zero-order valence-corrected chi connectivity index (χ0v) is 11.7. The van der Waals surface area contributed by atoms with Gasteiger partial charge in [-0.25, -0.2) is 0 Å². The van der Waals surface area contributed by atoms with Gasteiger partial charge in [-0.15, -0.1) is 0 Å². The molecule has 1 aliphatic rings. The minimum absolute atomic E-state index is 0.170. The van der Waals surface area contributed by atoms with Crippen LogP contribution in [0.2, 0.25) is 5.02 Å². The monoisotopic (exact) mass is 266 g/mol. The van der Waals surface area contributed by atoms with Gasteiger partial charge < -0.3 is 9.80 Å². The van der Waals surface area contributed by atoms with Crippen LogP contribution in [-0.2, 0) is 11.2 Å². The Balaban J connectivity index is 2.02. The Morgan fingerprint density at radius 2 is 2.11 bits per heavy atom. The van der Waals surface area contributed by atoms with Gasteiger partial charge in [0.05, 0.1) is 6.42 Å². The number of carbonyl (C=O) groups excluding carboxylic acids is 1. The van der Waals surface area contributed by atoms with Crippen LogP contribution in [0, 0.1) is 0 Å². The van der Waals surface area contributed by atoms with Crippen LogP contribution < -0.4 is 0 Å². The summed E-state index contributed by atoms with van der Waals surface area (Å²) in [7, 11) is 2.09. The van der Waals surface area contributed by atoms with Crippen molar-refractivity contribution in [3.05, 3.63) is 34.9 Å². The second-order valence-electron chi connectivity index (χ2n) is 4.97. The summed E-state index contributed by atoms with van der Waals surface area (Å²) in [6.45, 7) is 4.79. The van der Waals surface area contributed by atoms with E-state index in [1.807, 2.05) is 29.2 Å². The van der Waals surface area contributed by atoms with Gasteiger partial charge in [0, 0.05) is 30.7 Å². The predicted molar refractivity (Wildman–Crippen MR) is 73.8 cm³/mol. The third-order valence-corrected chi connectivity index (χ3v) is 3.82. The van der Waals surface area contributed by atoms with Crippen molar-refractivity contribution >= 4 is 17.5 Å². The quantitative estimate of drug-likeness (QED) is 0.818. The molecule has 0 N–H and O–H groups in total. The number of hydrogen-bond donors (Lipinski definition) is 0. The van der Waals surface area contributed by atoms with Gasteiger partial charge in [-0.05, 0) is 25.6 Å². The number of likely N-dealkylation sites (N-methyl/N-ethyl adjacent to an activating group) is 1. The molecule has 0 aliphatic carbocycles. The highest BCUT2D eigenvalue weighted by Crippen LogP contribution is 2.17. The summed E-state index contributed by atoms with van der Waals surface area (Å²) in [6, 6.07) is 7.83. The van der Waals surface area contributed by atoms with Crippen molar-refractivity contribution in [2.75, 3.05) is 26.7 Å². The van der Waals surface area contributed by atoms with Gasteiger partial charge in [0.25, 0.3) is 0 Å². The van der Waals surface area contributed by atoms with Crippen LogP contribution >= 0.6 is 11.6 Å². The molecule has 98 valence electrons. The number of hydrogen-bond acceptors (Lipinski definition) is 2. The normalized spacial score (nSPS) is 21.1. The van der Waals surface area contributed by atoms with E-state index in [4.69, 9.17) is 11.6 Å². The molecule has 18 heavy (non-hydrogen) atoms. The molecular formula is C14H19ClN2O. The standard InChI is InChI=1S/C14H19ClN2O/c1-11-10-16(2)7-8-17(11)14(18)9-12-5-3-4-6-13(12)15/h3-6,11H,7-10H2,1-2H3. The van der Waals surface area contributed by atoms with Gasteiger partial charge in [-0.3, -0.25) is 4.79 Å². The van der Waals surface area contributed by atoms with Crippen molar-refractivity contribution in [3.63, 3.8) is 0 Å². The second kappa shape index (κ2) is 5.72. The summed E-state index contributed by atoms with van der Waals surface area (Å²) in [5.74, 6) is 0.170. The van der Waals surface area contributed by atoms with Gasteiger partial charge in [-0.2, -0.15) is 0 Å². The maximum absolute atomic E-state index is 12.3. The lowest BCUT2D eigenvalue weighted by Gasteiger charge is -2.38. The van der Waals surface area contributed by atoms with Crippen molar-refractivity contribution in [1.82, 2.24) is 9.80 Å². The van der Waals surface area contributed by atoms with E-state index < -0.39 is 0 Å². The number of rotatable bonds is 2. The number of amides is 1. The van der Waals surface area contributed by atoms with Gasteiger partial charge in [0.1, 0.15) is 0 Å². The van der Waals surface area contributed by atoms with Crippen molar-refractivity contribution in [2.24, 2.45) is 0 Å². The van der Waals surface area contributed by atoms with E-state index in [2.05, 4.69) is 18.9 Å². The Morgan fingerprint density at radius 1 is 1.39 bits per heavy atom. The average molecular weight is 267 g/mol. The van der Waals surface area contributed by atoms with Gasteiger partial charge in [-0.1, -0.05) is 29.8 Å². The van der Waals surface area contributed by atoms with Gasteiger partial charge >= 0.3 is 0 Å². The molecule has 1 aromatic rings. The maximum Gasteiger partial charge on any atom is 0.227 e. The van der Waals surface area contributed by atoms with Crippen molar-refractivity contribution in [3.8, 4) is 0 Å². The molecule has 1 aliphatic heterocycles. The first-order valence-corrected chi connectivity index (χ1v) is 6.67. The molecule has 0 saturated carbocycles. The largest absolute Gasteiger partial charge is 0.337 e. The highest BCUT2D eigenvalue weighted by atomic mass is 35.5. The van der Waals surface area contributed by atoms with E-state index in [-0.39, 0.29) is 11.9 Å². The van der Waals surface area contributed by atoms with Gasteiger partial charge in [0.15, 0.2) is 0 Å². The second-order valence-corrected chi connectivity index (χ2v) is 5.37. The SMILES string of the molecule is CC1CN(C)CCN1C(=O)Cc1ccccc1Cl. The Kier molecular flexibility index (Phi) is 4.25. The zero-order chi connectivity index (χ0) is 13.1. The third-order valence-electron chi connectivity index (χ3n) is 3.45. The molecule has 2 rings (SSSR count). The fraction of sp³-hybridized carbons (Fsp3) is 0.500. The van der Waals surface area contributed by atoms with E-state index >= 15 is 0 Å². The molecule has 3 nitrogen and oxygen atoms in total. The molecular weight excluding hydrogens is 248 g/mol. The van der Waals surface area contributed by atoms with Crippen LogP contribution in [-0.4, -0.2) is 48.4 Å². The van der Waals surface area contributed by atoms with E-state index in [9.17, 15) is 4.79 Å². The summed E-state index contributed by atoms with van der Waals surface area (Å²) < 4.78 is 0. The van der Waals surface area contributed by atoms with Crippen LogP contribution in [0.25, 0.3) is 0 Å². The van der Waals surface area contributed by atoms with Crippen molar-refractivity contribution in [2.45, 2.75) is 19.4 Å². The van der Waals surface area contributed by atoms with Crippen molar-refractivity contribution in [1.29, 1.82) is 0 Å².